The number of carbonyl (C=O) groups excluding carboxylic acids is 4. The molecule has 10 heteroatoms. The topological polar surface area (TPSA) is 119 Å². The van der Waals surface area contributed by atoms with Crippen LogP contribution in [0.2, 0.25) is 5.02 Å². The first-order valence-electron chi connectivity index (χ1n) is 11.0. The van der Waals surface area contributed by atoms with Crippen molar-refractivity contribution >= 4 is 41.2 Å². The molecule has 1 unspecified atom stereocenters. The van der Waals surface area contributed by atoms with Crippen molar-refractivity contribution in [2.45, 2.75) is 33.2 Å². The van der Waals surface area contributed by atoms with Crippen LogP contribution in [0.25, 0.3) is 11.3 Å². The molecule has 2 heterocycles. The van der Waals surface area contributed by atoms with E-state index in [4.69, 9.17) is 20.9 Å². The van der Waals surface area contributed by atoms with Crippen molar-refractivity contribution in [3.05, 3.63) is 69.7 Å². The zero-order valence-electron chi connectivity index (χ0n) is 19.3. The van der Waals surface area contributed by atoms with Crippen molar-refractivity contribution in [1.82, 2.24) is 10.1 Å². The number of halogens is 1. The van der Waals surface area contributed by atoms with Crippen molar-refractivity contribution in [2.24, 2.45) is 0 Å². The Bertz CT molecular complexity index is 1330. The van der Waals surface area contributed by atoms with E-state index in [1.54, 1.807) is 38.1 Å². The van der Waals surface area contributed by atoms with Gasteiger partial charge in [0.25, 0.3) is 17.7 Å². The molecule has 1 aromatic heterocycles. The van der Waals surface area contributed by atoms with Crippen molar-refractivity contribution in [3.63, 3.8) is 0 Å². The van der Waals surface area contributed by atoms with Crippen LogP contribution >= 0.6 is 11.6 Å². The number of anilines is 1. The van der Waals surface area contributed by atoms with Crippen LogP contribution in [0.3, 0.4) is 0 Å². The molecule has 1 N–H and O–H groups in total. The smallest absolute Gasteiger partial charge is 0.346 e. The molecule has 0 bridgehead atoms. The van der Waals surface area contributed by atoms with Gasteiger partial charge in [-0.05, 0) is 50.6 Å². The van der Waals surface area contributed by atoms with Gasteiger partial charge in [-0.3, -0.25) is 24.6 Å². The highest BCUT2D eigenvalue weighted by atomic mass is 35.5. The van der Waals surface area contributed by atoms with Gasteiger partial charge in [0.15, 0.2) is 5.56 Å². The molecule has 35 heavy (non-hydrogen) atoms. The average molecular weight is 496 g/mol. The highest BCUT2D eigenvalue weighted by Crippen LogP contribution is 2.31. The number of rotatable bonds is 7. The van der Waals surface area contributed by atoms with E-state index in [0.717, 1.165) is 0 Å². The highest BCUT2D eigenvalue weighted by molar-refractivity contribution is 6.30. The number of ether oxygens (including phenoxy) is 1. The summed E-state index contributed by atoms with van der Waals surface area (Å²) >= 11 is 5.95. The Balaban J connectivity index is 1.66. The molecule has 0 saturated heterocycles. The summed E-state index contributed by atoms with van der Waals surface area (Å²) in [6, 6.07) is 10.5. The fourth-order valence-corrected chi connectivity index (χ4v) is 3.86. The lowest BCUT2D eigenvalue weighted by Crippen LogP contribution is -2.37. The monoisotopic (exact) mass is 495 g/mol. The first-order valence-corrected chi connectivity index (χ1v) is 11.4. The zero-order valence-corrected chi connectivity index (χ0v) is 20.0. The van der Waals surface area contributed by atoms with Crippen LogP contribution in [0.1, 0.15) is 68.6 Å². The highest BCUT2D eigenvalue weighted by Gasteiger charge is 2.38. The third-order valence-corrected chi connectivity index (χ3v) is 5.98. The Kier molecular flexibility index (Phi) is 6.70. The fourth-order valence-electron chi connectivity index (χ4n) is 3.73. The molecule has 1 aliphatic rings. The van der Waals surface area contributed by atoms with Gasteiger partial charge in [0, 0.05) is 22.2 Å². The number of carbonyl (C=O) groups is 4. The fraction of sp³-hybridized carbons (Fsp3) is 0.240. The van der Waals surface area contributed by atoms with Crippen LogP contribution in [-0.4, -0.2) is 46.4 Å². The molecule has 0 aliphatic carbocycles. The lowest BCUT2D eigenvalue weighted by atomic mass is 10.0. The SMILES string of the molecule is CCOC(=O)c1c(-c2ccc(Cl)cc2)noc1NC(=O)c1ccc2c(c1)C(=O)N(C(C)CC)C2=O. The Hall–Kier alpha value is -3.98. The molecule has 180 valence electrons. The standard InChI is InChI=1S/C25H22ClN3O6/c1-4-13(3)29-23(31)17-11-8-15(12-18(17)24(29)32)21(30)27-22-19(25(33)34-5-2)20(28-35-22)14-6-9-16(26)10-7-14/h6-13H,4-5H2,1-3H3,(H,27,30). The second kappa shape index (κ2) is 9.71. The molecule has 3 aromatic rings. The quantitative estimate of drug-likeness (QED) is 0.368. The summed E-state index contributed by atoms with van der Waals surface area (Å²) in [6.07, 6.45) is 0.608. The maximum atomic E-state index is 13.0. The van der Waals surface area contributed by atoms with Crippen LogP contribution in [-0.2, 0) is 4.74 Å². The van der Waals surface area contributed by atoms with Gasteiger partial charge in [-0.15, -0.1) is 0 Å². The van der Waals surface area contributed by atoms with Gasteiger partial charge in [-0.25, -0.2) is 4.79 Å². The summed E-state index contributed by atoms with van der Waals surface area (Å²) in [5.41, 5.74) is 1.15. The summed E-state index contributed by atoms with van der Waals surface area (Å²) in [4.78, 5) is 52.3. The van der Waals surface area contributed by atoms with E-state index < -0.39 is 23.7 Å². The van der Waals surface area contributed by atoms with E-state index in [9.17, 15) is 19.2 Å². The van der Waals surface area contributed by atoms with E-state index in [2.05, 4.69) is 10.5 Å². The number of aromatic nitrogens is 1. The number of fused-ring (bicyclic) bond motifs is 1. The Morgan fingerprint density at radius 1 is 1.09 bits per heavy atom. The molecule has 0 saturated carbocycles. The minimum atomic E-state index is -0.729. The average Bonchev–Trinajstić information content (AvgIpc) is 3.37. The maximum absolute atomic E-state index is 13.0. The number of hydrogen-bond donors (Lipinski definition) is 1. The van der Waals surface area contributed by atoms with Crippen molar-refractivity contribution in [1.29, 1.82) is 0 Å². The molecule has 2 aromatic carbocycles. The van der Waals surface area contributed by atoms with Crippen molar-refractivity contribution < 1.29 is 28.4 Å². The predicted octanol–water partition coefficient (Wildman–Crippen LogP) is 4.82. The molecule has 1 aliphatic heterocycles. The zero-order chi connectivity index (χ0) is 25.3. The first-order chi connectivity index (χ1) is 16.8. The Labute approximate surface area is 206 Å². The van der Waals surface area contributed by atoms with Crippen LogP contribution < -0.4 is 5.32 Å². The second-order valence-corrected chi connectivity index (χ2v) is 8.35. The molecular weight excluding hydrogens is 474 g/mol. The van der Waals surface area contributed by atoms with Gasteiger partial charge in [-0.1, -0.05) is 35.8 Å². The predicted molar refractivity (Wildman–Crippen MR) is 128 cm³/mol. The summed E-state index contributed by atoms with van der Waals surface area (Å²) < 4.78 is 10.4. The van der Waals surface area contributed by atoms with Crippen LogP contribution in [0, 0.1) is 0 Å². The van der Waals surface area contributed by atoms with E-state index in [-0.39, 0.29) is 46.5 Å². The van der Waals surface area contributed by atoms with Crippen molar-refractivity contribution in [3.8, 4) is 11.3 Å². The van der Waals surface area contributed by atoms with Gasteiger partial charge in [0.1, 0.15) is 5.69 Å². The molecule has 0 radical (unpaired) electrons. The molecule has 3 amide bonds. The lowest BCUT2D eigenvalue weighted by Gasteiger charge is -2.20. The van der Waals surface area contributed by atoms with Crippen LogP contribution in [0.15, 0.2) is 47.0 Å². The van der Waals surface area contributed by atoms with Gasteiger partial charge in [-0.2, -0.15) is 0 Å². The normalized spacial score (nSPS) is 13.5. The number of esters is 1. The third-order valence-electron chi connectivity index (χ3n) is 5.73. The van der Waals surface area contributed by atoms with Crippen LogP contribution in [0.4, 0.5) is 5.88 Å². The van der Waals surface area contributed by atoms with E-state index >= 15 is 0 Å². The number of nitrogens with one attached hydrogen (secondary N) is 1. The number of amides is 3. The van der Waals surface area contributed by atoms with Crippen LogP contribution in [0.5, 0.6) is 0 Å². The van der Waals surface area contributed by atoms with E-state index in [1.807, 2.05) is 6.92 Å². The Morgan fingerprint density at radius 3 is 2.43 bits per heavy atom. The second-order valence-electron chi connectivity index (χ2n) is 7.91. The molecule has 4 rings (SSSR count). The molecule has 9 nitrogen and oxygen atoms in total. The summed E-state index contributed by atoms with van der Waals surface area (Å²) in [6.45, 7) is 5.42. The molecular formula is C25H22ClN3O6. The minimum Gasteiger partial charge on any atom is -0.462 e. The van der Waals surface area contributed by atoms with Gasteiger partial charge in [0.2, 0.25) is 5.88 Å². The van der Waals surface area contributed by atoms with Gasteiger partial charge in [0.05, 0.1) is 17.7 Å². The summed E-state index contributed by atoms with van der Waals surface area (Å²) in [5, 5.41) is 6.97. The number of benzene rings is 2. The first kappa shape index (κ1) is 24.2. The lowest BCUT2D eigenvalue weighted by molar-refractivity contribution is 0.0525. The third kappa shape index (κ3) is 4.42. The largest absolute Gasteiger partial charge is 0.462 e. The minimum absolute atomic E-state index is 0.0575. The number of imide groups is 1. The van der Waals surface area contributed by atoms with Gasteiger partial charge < -0.3 is 9.26 Å². The molecule has 1 atom stereocenters. The maximum Gasteiger partial charge on any atom is 0.346 e. The Morgan fingerprint density at radius 2 is 1.77 bits per heavy atom. The summed E-state index contributed by atoms with van der Waals surface area (Å²) in [5.74, 6) is -2.43. The molecule has 0 fully saturated rings. The van der Waals surface area contributed by atoms with Gasteiger partial charge >= 0.3 is 5.97 Å². The number of hydrogen-bond acceptors (Lipinski definition) is 7. The molecule has 0 spiro atoms. The van der Waals surface area contributed by atoms with E-state index in [1.165, 1.54) is 23.1 Å². The van der Waals surface area contributed by atoms with E-state index in [0.29, 0.717) is 17.0 Å². The number of nitrogens with zero attached hydrogens (tertiary/aromatic N) is 2. The van der Waals surface area contributed by atoms with Crippen molar-refractivity contribution in [2.75, 3.05) is 11.9 Å². The summed E-state index contributed by atoms with van der Waals surface area (Å²) in [7, 11) is 0.